The molecule has 0 spiro atoms. The molecule has 0 saturated carbocycles. The van der Waals surface area contributed by atoms with E-state index in [1.807, 2.05) is 24.3 Å². The van der Waals surface area contributed by atoms with Gasteiger partial charge in [-0.3, -0.25) is 4.79 Å². The number of carbonyl (C=O) groups excluding carboxylic acids is 1. The quantitative estimate of drug-likeness (QED) is 0.733. The summed E-state index contributed by atoms with van der Waals surface area (Å²) in [6.45, 7) is -1.01. The molecule has 3 rings (SSSR count). The van der Waals surface area contributed by atoms with E-state index in [0.29, 0.717) is 10.4 Å². The first kappa shape index (κ1) is 17.6. The summed E-state index contributed by atoms with van der Waals surface area (Å²) in [5.74, 6) is 0.123. The molecule has 0 saturated heterocycles. The maximum absolute atomic E-state index is 12.5. The fraction of sp³-hybridized carbons (Fsp3) is 0.235. The summed E-state index contributed by atoms with van der Waals surface area (Å²) in [7, 11) is 1.57. The third-order valence-electron chi connectivity index (χ3n) is 3.82. The maximum Gasteiger partial charge on any atom is 0.333 e. The van der Waals surface area contributed by atoms with Crippen molar-refractivity contribution < 1.29 is 18.3 Å². The Balaban J connectivity index is 1.73. The van der Waals surface area contributed by atoms with Crippen molar-refractivity contribution in [3.05, 3.63) is 60.2 Å². The van der Waals surface area contributed by atoms with E-state index >= 15 is 0 Å². The average molecular weight is 361 g/mol. The number of rotatable bonds is 6. The fourth-order valence-electron chi connectivity index (χ4n) is 2.43. The lowest BCUT2D eigenvalue weighted by Crippen LogP contribution is -2.27. The smallest absolute Gasteiger partial charge is 0.333 e. The molecule has 1 atom stereocenters. The number of hydrogen-bond donors (Lipinski definition) is 1. The van der Waals surface area contributed by atoms with E-state index in [1.165, 1.54) is 6.07 Å². The van der Waals surface area contributed by atoms with Gasteiger partial charge in [-0.1, -0.05) is 12.1 Å². The van der Waals surface area contributed by atoms with Crippen LogP contribution in [0.15, 0.2) is 48.9 Å². The van der Waals surface area contributed by atoms with E-state index in [4.69, 9.17) is 4.74 Å². The number of hydrogen-bond acceptors (Lipinski definition) is 4. The zero-order chi connectivity index (χ0) is 18.7. The van der Waals surface area contributed by atoms with Crippen LogP contribution in [-0.4, -0.2) is 32.6 Å². The predicted molar refractivity (Wildman–Crippen MR) is 89.5 cm³/mol. The van der Waals surface area contributed by atoms with Gasteiger partial charge in [-0.15, -0.1) is 0 Å². The Morgan fingerprint density at radius 1 is 1.27 bits per heavy atom. The summed E-state index contributed by atoms with van der Waals surface area (Å²) in [4.78, 5) is 12.2. The Morgan fingerprint density at radius 2 is 2.04 bits per heavy atom. The fourth-order valence-corrected chi connectivity index (χ4v) is 2.43. The Morgan fingerprint density at radius 3 is 2.73 bits per heavy atom. The first-order valence-electron chi connectivity index (χ1n) is 7.81. The Labute approximate surface area is 148 Å². The molecule has 0 unspecified atom stereocenters. The van der Waals surface area contributed by atoms with Gasteiger partial charge in [0.15, 0.2) is 0 Å². The Bertz CT molecular complexity index is 906. The molecule has 2 aromatic heterocycles. The third kappa shape index (κ3) is 3.56. The SMILES string of the molecule is COc1ccccc1-n1cc([C@@H](C)NC(=O)c2ccn(C(F)F)n2)cn1. The van der Waals surface area contributed by atoms with Gasteiger partial charge >= 0.3 is 6.55 Å². The van der Waals surface area contributed by atoms with Crippen molar-refractivity contribution in [1.29, 1.82) is 0 Å². The van der Waals surface area contributed by atoms with Crippen LogP contribution in [0.1, 0.15) is 35.6 Å². The summed E-state index contributed by atoms with van der Waals surface area (Å²) in [6.07, 6.45) is 4.44. The first-order chi connectivity index (χ1) is 12.5. The van der Waals surface area contributed by atoms with Crippen molar-refractivity contribution in [3.8, 4) is 11.4 Å². The van der Waals surface area contributed by atoms with Gasteiger partial charge in [0.05, 0.1) is 19.3 Å². The number of nitrogens with one attached hydrogen (secondary N) is 1. The maximum atomic E-state index is 12.5. The third-order valence-corrected chi connectivity index (χ3v) is 3.82. The number of benzene rings is 1. The molecule has 0 radical (unpaired) electrons. The van der Waals surface area contributed by atoms with Crippen LogP contribution in [0.2, 0.25) is 0 Å². The number of amides is 1. The molecular weight excluding hydrogens is 344 g/mol. The zero-order valence-electron chi connectivity index (χ0n) is 14.1. The molecule has 0 bridgehead atoms. The predicted octanol–water partition coefficient (Wildman–Crippen LogP) is 2.96. The summed E-state index contributed by atoms with van der Waals surface area (Å²) in [5.41, 5.74) is 1.43. The number of nitrogens with zero attached hydrogens (tertiary/aromatic N) is 4. The zero-order valence-corrected chi connectivity index (χ0v) is 14.1. The lowest BCUT2D eigenvalue weighted by molar-refractivity contribution is 0.0559. The van der Waals surface area contributed by atoms with Gasteiger partial charge in [0.25, 0.3) is 5.91 Å². The molecule has 136 valence electrons. The lowest BCUT2D eigenvalue weighted by atomic mass is 10.2. The summed E-state index contributed by atoms with van der Waals surface area (Å²) in [5, 5.41) is 10.6. The normalized spacial score (nSPS) is 12.2. The number of methoxy groups -OCH3 is 1. The van der Waals surface area contributed by atoms with Crippen molar-refractivity contribution >= 4 is 5.91 Å². The van der Waals surface area contributed by atoms with Gasteiger partial charge in [0, 0.05) is 18.0 Å². The number of alkyl halides is 2. The highest BCUT2D eigenvalue weighted by atomic mass is 19.3. The van der Waals surface area contributed by atoms with Crippen molar-refractivity contribution in [1.82, 2.24) is 24.9 Å². The minimum Gasteiger partial charge on any atom is -0.494 e. The number of ether oxygens (including phenoxy) is 1. The molecule has 1 N–H and O–H groups in total. The monoisotopic (exact) mass is 361 g/mol. The van der Waals surface area contributed by atoms with Gasteiger partial charge in [0.2, 0.25) is 0 Å². The van der Waals surface area contributed by atoms with E-state index < -0.39 is 12.5 Å². The molecule has 26 heavy (non-hydrogen) atoms. The molecule has 3 aromatic rings. The van der Waals surface area contributed by atoms with Crippen molar-refractivity contribution in [3.63, 3.8) is 0 Å². The standard InChI is InChI=1S/C17H17F2N5O2/c1-11(21-16(25)13-7-8-23(22-13)17(18)19)12-9-20-24(10-12)14-5-3-4-6-15(14)26-2/h3-11,17H,1-2H3,(H,21,25)/t11-/m1/s1. The van der Waals surface area contributed by atoms with Gasteiger partial charge < -0.3 is 10.1 Å². The van der Waals surface area contributed by atoms with Crippen LogP contribution in [0.25, 0.3) is 5.69 Å². The number of para-hydroxylation sites is 2. The minimum absolute atomic E-state index is 0.0747. The van der Waals surface area contributed by atoms with Gasteiger partial charge in [-0.2, -0.15) is 19.0 Å². The largest absolute Gasteiger partial charge is 0.494 e. The highest BCUT2D eigenvalue weighted by molar-refractivity contribution is 5.92. The molecule has 9 heteroatoms. The summed E-state index contributed by atoms with van der Waals surface area (Å²) in [6, 6.07) is 8.25. The van der Waals surface area contributed by atoms with Gasteiger partial charge in [-0.05, 0) is 25.1 Å². The van der Waals surface area contributed by atoms with E-state index in [-0.39, 0.29) is 11.7 Å². The number of halogens is 2. The second-order valence-electron chi connectivity index (χ2n) is 5.54. The van der Waals surface area contributed by atoms with E-state index in [2.05, 4.69) is 15.5 Å². The minimum atomic E-state index is -2.78. The van der Waals surface area contributed by atoms with E-state index in [1.54, 1.807) is 31.1 Å². The molecule has 7 nitrogen and oxygen atoms in total. The van der Waals surface area contributed by atoms with Gasteiger partial charge in [0.1, 0.15) is 17.1 Å². The van der Waals surface area contributed by atoms with E-state index in [9.17, 15) is 13.6 Å². The Kier molecular flexibility index (Phi) is 4.97. The molecule has 0 fully saturated rings. The average Bonchev–Trinajstić information content (AvgIpc) is 3.31. The second-order valence-corrected chi connectivity index (χ2v) is 5.54. The first-order valence-corrected chi connectivity index (χ1v) is 7.81. The summed E-state index contributed by atoms with van der Waals surface area (Å²) >= 11 is 0. The molecule has 0 aliphatic carbocycles. The van der Waals surface area contributed by atoms with E-state index in [0.717, 1.165) is 17.4 Å². The Hall–Kier alpha value is -3.23. The van der Waals surface area contributed by atoms with Crippen molar-refractivity contribution in [2.24, 2.45) is 0 Å². The highest BCUT2D eigenvalue weighted by Gasteiger charge is 2.17. The second kappa shape index (κ2) is 7.34. The van der Waals surface area contributed by atoms with Crippen LogP contribution in [0, 0.1) is 0 Å². The van der Waals surface area contributed by atoms with Crippen LogP contribution >= 0.6 is 0 Å². The van der Waals surface area contributed by atoms with Crippen LogP contribution in [0.5, 0.6) is 5.75 Å². The van der Waals surface area contributed by atoms with Gasteiger partial charge in [-0.25, -0.2) is 9.36 Å². The van der Waals surface area contributed by atoms with Crippen LogP contribution < -0.4 is 10.1 Å². The summed E-state index contributed by atoms with van der Waals surface area (Å²) < 4.78 is 32.5. The van der Waals surface area contributed by atoms with Crippen LogP contribution in [-0.2, 0) is 0 Å². The van der Waals surface area contributed by atoms with Crippen molar-refractivity contribution in [2.45, 2.75) is 19.5 Å². The molecular formula is C17H17F2N5O2. The van der Waals surface area contributed by atoms with Crippen LogP contribution in [0.3, 0.4) is 0 Å². The molecule has 0 aliphatic heterocycles. The number of aromatic nitrogens is 4. The molecule has 1 amide bonds. The molecule has 2 heterocycles. The number of carbonyl (C=O) groups is 1. The molecule has 1 aromatic carbocycles. The highest BCUT2D eigenvalue weighted by Crippen LogP contribution is 2.23. The van der Waals surface area contributed by atoms with Crippen LogP contribution in [0.4, 0.5) is 8.78 Å². The molecule has 0 aliphatic rings. The van der Waals surface area contributed by atoms with Crippen molar-refractivity contribution in [2.75, 3.05) is 7.11 Å². The topological polar surface area (TPSA) is 74.0 Å². The lowest BCUT2D eigenvalue weighted by Gasteiger charge is -2.11.